The first-order valence-electron chi connectivity index (χ1n) is 12.1. The van der Waals surface area contributed by atoms with Crippen LogP contribution in [0.5, 0.6) is 11.6 Å². The number of carbonyl (C=O) groups excluding carboxylic acids is 1. The van der Waals surface area contributed by atoms with Crippen LogP contribution in [0.4, 0.5) is 4.79 Å². The van der Waals surface area contributed by atoms with E-state index in [-0.39, 0.29) is 34.9 Å². The second kappa shape index (κ2) is 10.8. The molecule has 2 amide bonds. The Morgan fingerprint density at radius 2 is 2.08 bits per heavy atom. The summed E-state index contributed by atoms with van der Waals surface area (Å²) in [4.78, 5) is 21.0. The third-order valence-electron chi connectivity index (χ3n) is 6.67. The number of aromatic nitrogens is 2. The molecule has 0 spiro atoms. The first-order chi connectivity index (χ1) is 17.6. The molecule has 2 aliphatic rings. The number of hydrogen-bond acceptors (Lipinski definition) is 7. The van der Waals surface area contributed by atoms with Gasteiger partial charge in [-0.1, -0.05) is 45.0 Å². The third kappa shape index (κ3) is 6.23. The van der Waals surface area contributed by atoms with Crippen LogP contribution in [0.15, 0.2) is 72.4 Å². The Kier molecular flexibility index (Phi) is 7.75. The molecular weight excluding hydrogens is 492 g/mol. The molecule has 4 rings (SSSR count). The molecule has 2 heterocycles. The molecule has 9 nitrogen and oxygen atoms in total. The first kappa shape index (κ1) is 26.5. The van der Waals surface area contributed by atoms with Crippen LogP contribution >= 0.6 is 11.6 Å². The van der Waals surface area contributed by atoms with Crippen LogP contribution in [-0.2, 0) is 11.3 Å². The Labute approximate surface area is 222 Å². The van der Waals surface area contributed by atoms with E-state index in [1.807, 2.05) is 41.4 Å². The maximum Gasteiger partial charge on any atom is 0.320 e. The maximum absolute atomic E-state index is 13.0. The molecule has 0 saturated carbocycles. The predicted molar refractivity (Wildman–Crippen MR) is 142 cm³/mol. The summed E-state index contributed by atoms with van der Waals surface area (Å²) in [7, 11) is 1.66. The minimum Gasteiger partial charge on any atom is -0.497 e. The molecule has 0 radical (unpaired) electrons. The first-order valence-corrected chi connectivity index (χ1v) is 12.5. The van der Waals surface area contributed by atoms with Crippen molar-refractivity contribution in [2.75, 3.05) is 7.11 Å². The van der Waals surface area contributed by atoms with E-state index in [1.165, 1.54) is 6.20 Å². The molecule has 2 atom stereocenters. The predicted octanol–water partition coefficient (Wildman–Crippen LogP) is 5.05. The summed E-state index contributed by atoms with van der Waals surface area (Å²) in [5, 5.41) is 8.08. The minimum absolute atomic E-state index is 0.0171. The van der Waals surface area contributed by atoms with Gasteiger partial charge in [0.25, 0.3) is 0 Å². The number of hydrogen-bond donors (Lipinski definition) is 3. The molecular formula is C27H33ClN6O3. The van der Waals surface area contributed by atoms with Crippen LogP contribution < -0.4 is 20.8 Å². The lowest BCUT2D eigenvalue weighted by Crippen LogP contribution is -2.56. The second-order valence-electron chi connectivity index (χ2n) is 10.1. The SMILES string of the molecule is COC1=CCC(N2NC(C)(C(C)(C)C)C=C2NC(=O)NCc2ccccc2Oc2ccnc(Cl)n2)C=C1. The van der Waals surface area contributed by atoms with E-state index >= 15 is 0 Å². The van der Waals surface area contributed by atoms with Crippen molar-refractivity contribution in [2.24, 2.45) is 5.41 Å². The fourth-order valence-corrected chi connectivity index (χ4v) is 4.07. The van der Waals surface area contributed by atoms with Crippen LogP contribution in [0, 0.1) is 5.41 Å². The van der Waals surface area contributed by atoms with Crippen molar-refractivity contribution in [3.63, 3.8) is 0 Å². The average molecular weight is 525 g/mol. The Hall–Kier alpha value is -3.56. The normalized spacial score (nSPS) is 21.2. The summed E-state index contributed by atoms with van der Waals surface area (Å²) in [5.41, 5.74) is 3.93. The molecule has 1 aliphatic carbocycles. The molecule has 0 bridgehead atoms. The van der Waals surface area contributed by atoms with E-state index in [9.17, 15) is 4.79 Å². The number of nitrogens with zero attached hydrogens (tertiary/aromatic N) is 3. The number of rotatable bonds is 7. The molecule has 1 aromatic carbocycles. The topological polar surface area (TPSA) is 101 Å². The van der Waals surface area contributed by atoms with Gasteiger partial charge in [-0.3, -0.25) is 10.3 Å². The molecule has 1 aromatic heterocycles. The van der Waals surface area contributed by atoms with E-state index in [2.05, 4.69) is 65.9 Å². The number of benzene rings is 1. The van der Waals surface area contributed by atoms with Crippen molar-refractivity contribution in [1.82, 2.24) is 31.0 Å². The van der Waals surface area contributed by atoms with Crippen LogP contribution in [0.3, 0.4) is 0 Å². The Morgan fingerprint density at radius 1 is 1.30 bits per heavy atom. The monoisotopic (exact) mass is 524 g/mol. The van der Waals surface area contributed by atoms with Crippen molar-refractivity contribution in [2.45, 2.75) is 52.2 Å². The van der Waals surface area contributed by atoms with E-state index in [0.29, 0.717) is 17.5 Å². The minimum atomic E-state index is -0.367. The summed E-state index contributed by atoms with van der Waals surface area (Å²) in [5.74, 6) is 2.41. The lowest BCUT2D eigenvalue weighted by Gasteiger charge is -2.40. The quantitative estimate of drug-likeness (QED) is 0.436. The van der Waals surface area contributed by atoms with Crippen LogP contribution in [0.1, 0.15) is 39.7 Å². The number of halogens is 1. The summed E-state index contributed by atoms with van der Waals surface area (Å²) < 4.78 is 11.2. The van der Waals surface area contributed by atoms with Crippen LogP contribution in [0.2, 0.25) is 5.28 Å². The van der Waals surface area contributed by atoms with Crippen molar-refractivity contribution in [3.8, 4) is 11.6 Å². The van der Waals surface area contributed by atoms with Gasteiger partial charge < -0.3 is 14.8 Å². The summed E-state index contributed by atoms with van der Waals surface area (Å²) >= 11 is 5.87. The lowest BCUT2D eigenvalue weighted by atomic mass is 9.76. The number of allylic oxidation sites excluding steroid dienone is 1. The van der Waals surface area contributed by atoms with E-state index in [0.717, 1.165) is 17.7 Å². The smallest absolute Gasteiger partial charge is 0.320 e. The van der Waals surface area contributed by atoms with Crippen molar-refractivity contribution in [3.05, 3.63) is 83.3 Å². The van der Waals surface area contributed by atoms with Gasteiger partial charge in [0.15, 0.2) is 0 Å². The van der Waals surface area contributed by atoms with Crippen molar-refractivity contribution >= 4 is 17.6 Å². The van der Waals surface area contributed by atoms with E-state index in [1.54, 1.807) is 13.2 Å². The zero-order valence-corrected chi connectivity index (χ0v) is 22.5. The number of carbonyl (C=O) groups is 1. The van der Waals surface area contributed by atoms with Gasteiger partial charge in [-0.05, 0) is 54.7 Å². The molecule has 37 heavy (non-hydrogen) atoms. The zero-order valence-electron chi connectivity index (χ0n) is 21.7. The van der Waals surface area contributed by atoms with Gasteiger partial charge in [-0.15, -0.1) is 0 Å². The number of hydrazine groups is 1. The number of urea groups is 1. The highest BCUT2D eigenvalue weighted by molar-refractivity contribution is 6.28. The van der Waals surface area contributed by atoms with Crippen molar-refractivity contribution < 1.29 is 14.3 Å². The molecule has 2 unspecified atom stereocenters. The molecule has 3 N–H and O–H groups in total. The number of methoxy groups -OCH3 is 1. The number of para-hydroxylation sites is 1. The van der Waals surface area contributed by atoms with Gasteiger partial charge in [0.1, 0.15) is 17.3 Å². The molecule has 10 heteroatoms. The standard InChI is InChI=1S/C27H33ClN6O3/c1-26(2,3)27(4)16-22(34(33-27)19-10-12-20(36-5)13-11-19)31-25(35)30-17-18-8-6-7-9-21(18)37-23-14-15-29-24(28)32-23/h6-10,12-16,19,33H,11,17H2,1-5H3,(H2,30,31,35). The van der Waals surface area contributed by atoms with Crippen LogP contribution in [0.25, 0.3) is 0 Å². The van der Waals surface area contributed by atoms with Gasteiger partial charge in [0.05, 0.1) is 18.7 Å². The highest BCUT2D eigenvalue weighted by Gasteiger charge is 2.44. The second-order valence-corrected chi connectivity index (χ2v) is 10.5. The van der Waals surface area contributed by atoms with Crippen molar-refractivity contribution in [1.29, 1.82) is 0 Å². The van der Waals surface area contributed by atoms with Crippen LogP contribution in [-0.4, -0.2) is 39.7 Å². The zero-order chi connectivity index (χ0) is 26.6. The lowest BCUT2D eigenvalue weighted by molar-refractivity contribution is 0.104. The molecule has 2 aromatic rings. The molecule has 0 fully saturated rings. The van der Waals surface area contributed by atoms with E-state index < -0.39 is 0 Å². The van der Waals surface area contributed by atoms with Gasteiger partial charge in [0.2, 0.25) is 11.2 Å². The number of nitrogens with one attached hydrogen (secondary N) is 3. The fourth-order valence-electron chi connectivity index (χ4n) is 3.93. The molecule has 1 aliphatic heterocycles. The Balaban J connectivity index is 1.45. The summed E-state index contributed by atoms with van der Waals surface area (Å²) in [6.45, 7) is 8.88. The highest BCUT2D eigenvalue weighted by Crippen LogP contribution is 2.37. The largest absolute Gasteiger partial charge is 0.497 e. The summed E-state index contributed by atoms with van der Waals surface area (Å²) in [6, 6.07) is 8.72. The third-order valence-corrected chi connectivity index (χ3v) is 6.86. The maximum atomic E-state index is 13.0. The fraction of sp³-hybridized carbons (Fsp3) is 0.370. The summed E-state index contributed by atoms with van der Waals surface area (Å²) in [6.07, 6.45) is 10.4. The number of amides is 2. The molecule has 196 valence electrons. The highest BCUT2D eigenvalue weighted by atomic mass is 35.5. The number of ether oxygens (including phenoxy) is 2. The van der Waals surface area contributed by atoms with E-state index in [4.69, 9.17) is 21.1 Å². The Bertz CT molecular complexity index is 1240. The van der Waals surface area contributed by atoms with Gasteiger partial charge >= 0.3 is 6.03 Å². The van der Waals surface area contributed by atoms with Gasteiger partial charge in [-0.2, -0.15) is 4.98 Å². The van der Waals surface area contributed by atoms with Gasteiger partial charge in [0, 0.05) is 24.4 Å². The molecule has 0 saturated heterocycles. The van der Waals surface area contributed by atoms with Gasteiger partial charge in [-0.25, -0.2) is 15.2 Å². The average Bonchev–Trinajstić information content (AvgIpc) is 3.21. The Morgan fingerprint density at radius 3 is 2.76 bits per heavy atom.